The van der Waals surface area contributed by atoms with Crippen molar-refractivity contribution in [3.8, 4) is 0 Å². The van der Waals surface area contributed by atoms with Crippen LogP contribution in [0.15, 0.2) is 0 Å². The highest BCUT2D eigenvalue weighted by molar-refractivity contribution is 5.75. The number of hydrogen-bond acceptors (Lipinski definition) is 2. The minimum atomic E-state index is -0.220. The SMILES string of the molecule is CCN(C(=O)NC1CCC1)C(C)(CC)CN. The third kappa shape index (κ3) is 2.67. The molecule has 0 aliphatic heterocycles. The zero-order valence-electron chi connectivity index (χ0n) is 10.8. The first-order chi connectivity index (χ1) is 7.57. The third-order valence-electron chi connectivity index (χ3n) is 3.85. The van der Waals surface area contributed by atoms with Crippen molar-refractivity contribution < 1.29 is 4.79 Å². The number of likely N-dealkylation sites (N-methyl/N-ethyl adjacent to an activating group) is 1. The Morgan fingerprint density at radius 1 is 1.50 bits per heavy atom. The van der Waals surface area contributed by atoms with Crippen molar-refractivity contribution in [2.45, 2.75) is 58.0 Å². The molecule has 0 aromatic rings. The van der Waals surface area contributed by atoms with Crippen molar-refractivity contribution in [3.05, 3.63) is 0 Å². The Morgan fingerprint density at radius 2 is 2.12 bits per heavy atom. The van der Waals surface area contributed by atoms with Crippen LogP contribution >= 0.6 is 0 Å². The van der Waals surface area contributed by atoms with E-state index < -0.39 is 0 Å². The summed E-state index contributed by atoms with van der Waals surface area (Å²) in [5.74, 6) is 0. The van der Waals surface area contributed by atoms with E-state index in [1.165, 1.54) is 6.42 Å². The van der Waals surface area contributed by atoms with E-state index in [4.69, 9.17) is 5.73 Å². The Hall–Kier alpha value is -0.770. The highest BCUT2D eigenvalue weighted by Gasteiger charge is 2.32. The van der Waals surface area contributed by atoms with Gasteiger partial charge in [0.15, 0.2) is 0 Å². The fourth-order valence-electron chi connectivity index (χ4n) is 2.02. The Kier molecular flexibility index (Phi) is 4.59. The van der Waals surface area contributed by atoms with Gasteiger partial charge in [0.2, 0.25) is 0 Å². The van der Waals surface area contributed by atoms with E-state index in [0.717, 1.165) is 19.3 Å². The topological polar surface area (TPSA) is 58.4 Å². The first-order valence-electron chi connectivity index (χ1n) is 6.35. The van der Waals surface area contributed by atoms with E-state index in [-0.39, 0.29) is 11.6 Å². The average Bonchev–Trinajstić information content (AvgIpc) is 2.24. The number of nitrogens with two attached hydrogens (primary N) is 1. The molecule has 0 saturated heterocycles. The molecule has 1 saturated carbocycles. The summed E-state index contributed by atoms with van der Waals surface area (Å²) in [5.41, 5.74) is 5.57. The summed E-state index contributed by atoms with van der Waals surface area (Å²) in [6.07, 6.45) is 4.36. The molecule has 3 N–H and O–H groups in total. The molecule has 1 rings (SSSR count). The van der Waals surface area contributed by atoms with Gasteiger partial charge in [-0.05, 0) is 39.5 Å². The highest BCUT2D eigenvalue weighted by atomic mass is 16.2. The fourth-order valence-corrected chi connectivity index (χ4v) is 2.02. The minimum Gasteiger partial charge on any atom is -0.335 e. The van der Waals surface area contributed by atoms with Crippen LogP contribution in [0.2, 0.25) is 0 Å². The van der Waals surface area contributed by atoms with Gasteiger partial charge in [-0.3, -0.25) is 0 Å². The van der Waals surface area contributed by atoms with Crippen LogP contribution in [0.3, 0.4) is 0 Å². The molecule has 1 aliphatic rings. The van der Waals surface area contributed by atoms with Crippen molar-refractivity contribution in [1.82, 2.24) is 10.2 Å². The Balaban J connectivity index is 2.60. The van der Waals surface area contributed by atoms with Gasteiger partial charge in [0.1, 0.15) is 0 Å². The molecule has 4 nitrogen and oxygen atoms in total. The van der Waals surface area contributed by atoms with Gasteiger partial charge in [0, 0.05) is 19.1 Å². The summed E-state index contributed by atoms with van der Waals surface area (Å²) < 4.78 is 0. The summed E-state index contributed by atoms with van der Waals surface area (Å²) in [5, 5.41) is 3.07. The lowest BCUT2D eigenvalue weighted by Crippen LogP contribution is -2.58. The zero-order valence-corrected chi connectivity index (χ0v) is 10.8. The van der Waals surface area contributed by atoms with Gasteiger partial charge in [-0.1, -0.05) is 6.92 Å². The maximum atomic E-state index is 12.1. The second kappa shape index (κ2) is 5.53. The summed E-state index contributed by atoms with van der Waals surface area (Å²) in [4.78, 5) is 14.0. The Bertz CT molecular complexity index is 234. The quantitative estimate of drug-likeness (QED) is 0.751. The maximum absolute atomic E-state index is 12.1. The van der Waals surface area contributed by atoms with Gasteiger partial charge < -0.3 is 16.0 Å². The van der Waals surface area contributed by atoms with Crippen LogP contribution in [0, 0.1) is 0 Å². The predicted octanol–water partition coefficient (Wildman–Crippen LogP) is 1.70. The second-order valence-electron chi connectivity index (χ2n) is 4.88. The molecule has 0 radical (unpaired) electrons. The standard InChI is InChI=1S/C12H25N3O/c1-4-12(3,9-13)15(5-2)11(16)14-10-7-6-8-10/h10H,4-9,13H2,1-3H3,(H,14,16). The van der Waals surface area contributed by atoms with Gasteiger partial charge in [-0.2, -0.15) is 0 Å². The second-order valence-corrected chi connectivity index (χ2v) is 4.88. The summed E-state index contributed by atoms with van der Waals surface area (Å²) in [6.45, 7) is 7.35. The van der Waals surface area contributed by atoms with Crippen molar-refractivity contribution in [1.29, 1.82) is 0 Å². The molecule has 4 heteroatoms. The van der Waals surface area contributed by atoms with Crippen LogP contribution in [0.4, 0.5) is 4.79 Å². The number of amides is 2. The number of carbonyl (C=O) groups excluding carboxylic acids is 1. The van der Waals surface area contributed by atoms with Crippen LogP contribution in [0.5, 0.6) is 0 Å². The van der Waals surface area contributed by atoms with Crippen molar-refractivity contribution >= 4 is 6.03 Å². The molecule has 0 bridgehead atoms. The molecular formula is C12H25N3O. The van der Waals surface area contributed by atoms with Crippen LogP contribution in [0.25, 0.3) is 0 Å². The fraction of sp³-hybridized carbons (Fsp3) is 0.917. The summed E-state index contributed by atoms with van der Waals surface area (Å²) >= 11 is 0. The Morgan fingerprint density at radius 3 is 2.44 bits per heavy atom. The minimum absolute atomic E-state index is 0.0435. The molecule has 94 valence electrons. The molecule has 0 heterocycles. The van der Waals surface area contributed by atoms with Gasteiger partial charge in [0.05, 0.1) is 5.54 Å². The summed E-state index contributed by atoms with van der Waals surface area (Å²) in [6, 6.07) is 0.433. The first-order valence-corrected chi connectivity index (χ1v) is 6.35. The van der Waals surface area contributed by atoms with E-state index in [2.05, 4.69) is 19.2 Å². The number of urea groups is 1. The molecule has 1 unspecified atom stereocenters. The number of carbonyl (C=O) groups is 1. The predicted molar refractivity (Wildman–Crippen MR) is 66.3 cm³/mol. The van der Waals surface area contributed by atoms with Crippen molar-refractivity contribution in [2.75, 3.05) is 13.1 Å². The number of hydrogen-bond donors (Lipinski definition) is 2. The lowest BCUT2D eigenvalue weighted by Gasteiger charge is -2.41. The van der Waals surface area contributed by atoms with Gasteiger partial charge >= 0.3 is 6.03 Å². The van der Waals surface area contributed by atoms with Crippen molar-refractivity contribution in [3.63, 3.8) is 0 Å². The van der Waals surface area contributed by atoms with Gasteiger partial charge in [0.25, 0.3) is 0 Å². The number of nitrogens with zero attached hydrogens (tertiary/aromatic N) is 1. The van der Waals surface area contributed by atoms with Crippen LogP contribution in [0.1, 0.15) is 46.5 Å². The van der Waals surface area contributed by atoms with Gasteiger partial charge in [-0.25, -0.2) is 4.79 Å². The van der Waals surface area contributed by atoms with Crippen LogP contribution < -0.4 is 11.1 Å². The van der Waals surface area contributed by atoms with E-state index in [1.807, 2.05) is 11.8 Å². The molecule has 16 heavy (non-hydrogen) atoms. The molecule has 1 fully saturated rings. The lowest BCUT2D eigenvalue weighted by molar-refractivity contribution is 0.122. The molecular weight excluding hydrogens is 202 g/mol. The highest BCUT2D eigenvalue weighted by Crippen LogP contribution is 2.21. The molecule has 1 aliphatic carbocycles. The van der Waals surface area contributed by atoms with Gasteiger partial charge in [-0.15, -0.1) is 0 Å². The zero-order chi connectivity index (χ0) is 12.2. The monoisotopic (exact) mass is 227 g/mol. The number of rotatable bonds is 5. The van der Waals surface area contributed by atoms with E-state index >= 15 is 0 Å². The first kappa shape index (κ1) is 13.3. The van der Waals surface area contributed by atoms with E-state index in [9.17, 15) is 4.79 Å². The largest absolute Gasteiger partial charge is 0.335 e. The van der Waals surface area contributed by atoms with Crippen molar-refractivity contribution in [2.24, 2.45) is 5.73 Å². The Labute approximate surface area is 98.6 Å². The van der Waals surface area contributed by atoms with Crippen LogP contribution in [-0.4, -0.2) is 35.6 Å². The molecule has 0 aromatic heterocycles. The van der Waals surface area contributed by atoms with E-state index in [0.29, 0.717) is 19.1 Å². The average molecular weight is 227 g/mol. The molecule has 2 amide bonds. The summed E-state index contributed by atoms with van der Waals surface area (Å²) in [7, 11) is 0. The number of nitrogens with one attached hydrogen (secondary N) is 1. The normalized spacial score (nSPS) is 19.8. The maximum Gasteiger partial charge on any atom is 0.318 e. The third-order valence-corrected chi connectivity index (χ3v) is 3.85. The van der Waals surface area contributed by atoms with E-state index in [1.54, 1.807) is 0 Å². The smallest absolute Gasteiger partial charge is 0.318 e. The molecule has 0 spiro atoms. The molecule has 1 atom stereocenters. The molecule has 0 aromatic carbocycles. The lowest BCUT2D eigenvalue weighted by atomic mass is 9.93. The van der Waals surface area contributed by atoms with Crippen LogP contribution in [-0.2, 0) is 0 Å².